The van der Waals surface area contributed by atoms with E-state index in [0.29, 0.717) is 16.8 Å². The number of nitriles is 2. The minimum atomic E-state index is -1.61. The summed E-state index contributed by atoms with van der Waals surface area (Å²) in [6.07, 6.45) is 0. The van der Waals surface area contributed by atoms with Gasteiger partial charge in [-0.15, -0.1) is 0 Å². The predicted octanol–water partition coefficient (Wildman–Crippen LogP) is 1.87. The number of hydrogen-bond acceptors (Lipinski definition) is 3. The molecule has 4 heteroatoms. The van der Waals surface area contributed by atoms with E-state index < -0.39 is 8.07 Å². The predicted molar refractivity (Wildman–Crippen MR) is 68.0 cm³/mol. The third-order valence-electron chi connectivity index (χ3n) is 2.59. The number of anilines is 1. The molecule has 0 aliphatic rings. The van der Waals surface area contributed by atoms with Gasteiger partial charge in [-0.3, -0.25) is 0 Å². The Hall–Kier alpha value is -1.78. The second-order valence-corrected chi connectivity index (χ2v) is 9.92. The van der Waals surface area contributed by atoms with Gasteiger partial charge in [0.15, 0.2) is 0 Å². The molecule has 82 valence electrons. The molecule has 1 rings (SSSR count). The summed E-state index contributed by atoms with van der Waals surface area (Å²) in [5.41, 5.74) is 7.99. The lowest BCUT2D eigenvalue weighted by Crippen LogP contribution is -2.40. The molecule has 1 aromatic rings. The third-order valence-corrected chi connectivity index (χ3v) is 4.61. The molecule has 0 spiro atoms. The standard InChI is InChI=1S/C12H15N3Si/c1-8-5-11(16(2,3)4)10(7-14)12(15)9(8)6-13/h5H,15H2,1-4H3. The Labute approximate surface area is 97.1 Å². The first-order chi connectivity index (χ1) is 7.32. The summed E-state index contributed by atoms with van der Waals surface area (Å²) in [7, 11) is -1.61. The SMILES string of the molecule is Cc1cc([Si](C)(C)C)c(C#N)c(N)c1C#N. The van der Waals surface area contributed by atoms with E-state index in [0.717, 1.165) is 10.8 Å². The van der Waals surface area contributed by atoms with E-state index in [-0.39, 0.29) is 0 Å². The van der Waals surface area contributed by atoms with E-state index in [1.165, 1.54) is 0 Å². The zero-order valence-corrected chi connectivity index (χ0v) is 11.0. The maximum atomic E-state index is 9.16. The van der Waals surface area contributed by atoms with Gasteiger partial charge in [0.05, 0.1) is 24.9 Å². The van der Waals surface area contributed by atoms with Crippen LogP contribution in [0.4, 0.5) is 5.69 Å². The van der Waals surface area contributed by atoms with Gasteiger partial charge in [0.1, 0.15) is 12.1 Å². The summed E-state index contributed by atoms with van der Waals surface area (Å²) in [6, 6.07) is 6.13. The first-order valence-corrected chi connectivity index (χ1v) is 8.56. The minimum Gasteiger partial charge on any atom is -0.397 e. The molecule has 16 heavy (non-hydrogen) atoms. The molecular formula is C12H15N3Si. The van der Waals surface area contributed by atoms with E-state index in [1.807, 2.05) is 13.0 Å². The molecule has 0 radical (unpaired) electrons. The molecule has 0 heterocycles. The lowest BCUT2D eigenvalue weighted by molar-refractivity contribution is 1.38. The molecule has 0 saturated carbocycles. The Morgan fingerprint density at radius 1 is 1.12 bits per heavy atom. The van der Waals surface area contributed by atoms with Gasteiger partial charge in [-0.25, -0.2) is 0 Å². The largest absolute Gasteiger partial charge is 0.397 e. The first kappa shape index (κ1) is 12.3. The second kappa shape index (κ2) is 4.00. The summed E-state index contributed by atoms with van der Waals surface area (Å²) < 4.78 is 0. The van der Waals surface area contributed by atoms with E-state index in [1.54, 1.807) is 0 Å². The number of benzene rings is 1. The maximum Gasteiger partial charge on any atom is 0.102 e. The Kier molecular flexibility index (Phi) is 3.07. The number of aryl methyl sites for hydroxylation is 1. The quantitative estimate of drug-likeness (QED) is 0.590. The smallest absolute Gasteiger partial charge is 0.102 e. The van der Waals surface area contributed by atoms with Crippen LogP contribution in [0.15, 0.2) is 6.07 Å². The minimum absolute atomic E-state index is 0.336. The Morgan fingerprint density at radius 3 is 2.00 bits per heavy atom. The van der Waals surface area contributed by atoms with Crippen molar-refractivity contribution in [2.75, 3.05) is 5.73 Å². The van der Waals surface area contributed by atoms with Crippen molar-refractivity contribution in [2.24, 2.45) is 0 Å². The highest BCUT2D eigenvalue weighted by molar-refractivity contribution is 6.89. The molecule has 0 aliphatic heterocycles. The second-order valence-electron chi connectivity index (χ2n) is 4.88. The third kappa shape index (κ3) is 1.93. The monoisotopic (exact) mass is 229 g/mol. The number of nitrogens with two attached hydrogens (primary N) is 1. The van der Waals surface area contributed by atoms with E-state index in [9.17, 15) is 0 Å². The van der Waals surface area contributed by atoms with E-state index in [4.69, 9.17) is 16.3 Å². The van der Waals surface area contributed by atoms with Gasteiger partial charge in [0, 0.05) is 0 Å². The zero-order valence-electron chi connectivity index (χ0n) is 10.0. The van der Waals surface area contributed by atoms with Crippen LogP contribution < -0.4 is 10.9 Å². The van der Waals surface area contributed by atoms with Crippen molar-refractivity contribution in [3.63, 3.8) is 0 Å². The van der Waals surface area contributed by atoms with E-state index in [2.05, 4.69) is 31.8 Å². The molecule has 0 fully saturated rings. The van der Waals surface area contributed by atoms with Crippen molar-refractivity contribution in [3.8, 4) is 12.1 Å². The van der Waals surface area contributed by atoms with Crippen molar-refractivity contribution in [1.82, 2.24) is 0 Å². The van der Waals surface area contributed by atoms with Gasteiger partial charge >= 0.3 is 0 Å². The fraction of sp³-hybridized carbons (Fsp3) is 0.333. The molecular weight excluding hydrogens is 214 g/mol. The molecule has 0 aliphatic carbocycles. The van der Waals surface area contributed by atoms with Crippen LogP contribution in [0.1, 0.15) is 16.7 Å². The zero-order chi connectivity index (χ0) is 12.5. The van der Waals surface area contributed by atoms with Gasteiger partial charge in [0.2, 0.25) is 0 Å². The van der Waals surface area contributed by atoms with Gasteiger partial charge in [-0.1, -0.05) is 25.7 Å². The Balaban J connectivity index is 3.71. The molecule has 0 saturated heterocycles. The highest BCUT2D eigenvalue weighted by Gasteiger charge is 2.24. The van der Waals surface area contributed by atoms with Gasteiger partial charge in [0.25, 0.3) is 0 Å². The van der Waals surface area contributed by atoms with Crippen LogP contribution in [-0.2, 0) is 0 Å². The van der Waals surface area contributed by atoms with Gasteiger partial charge in [-0.2, -0.15) is 10.5 Å². The maximum absolute atomic E-state index is 9.16. The van der Waals surface area contributed by atoms with Crippen molar-refractivity contribution in [1.29, 1.82) is 10.5 Å². The average Bonchev–Trinajstić information content (AvgIpc) is 2.16. The lowest BCUT2D eigenvalue weighted by Gasteiger charge is -2.20. The summed E-state index contributed by atoms with van der Waals surface area (Å²) in [5.74, 6) is 0. The fourth-order valence-corrected chi connectivity index (χ4v) is 3.29. The number of rotatable bonds is 1. The van der Waals surface area contributed by atoms with Crippen LogP contribution in [0, 0.1) is 29.6 Å². The summed E-state index contributed by atoms with van der Waals surface area (Å²) >= 11 is 0. The number of hydrogen-bond donors (Lipinski definition) is 1. The number of nitrogens with zero attached hydrogens (tertiary/aromatic N) is 2. The molecule has 0 unspecified atom stereocenters. The normalized spacial score (nSPS) is 10.6. The summed E-state index contributed by atoms with van der Waals surface area (Å²) in [4.78, 5) is 0. The van der Waals surface area contributed by atoms with Crippen molar-refractivity contribution >= 4 is 18.9 Å². The fourth-order valence-electron chi connectivity index (χ4n) is 1.70. The topological polar surface area (TPSA) is 73.6 Å². The van der Waals surface area contributed by atoms with Crippen LogP contribution >= 0.6 is 0 Å². The molecule has 1 aromatic carbocycles. The van der Waals surface area contributed by atoms with E-state index >= 15 is 0 Å². The molecule has 0 aromatic heterocycles. The lowest BCUT2D eigenvalue weighted by atomic mass is 10.0. The Morgan fingerprint density at radius 2 is 1.62 bits per heavy atom. The van der Waals surface area contributed by atoms with Crippen molar-refractivity contribution in [2.45, 2.75) is 26.6 Å². The molecule has 0 bridgehead atoms. The Bertz CT molecular complexity index is 513. The van der Waals surface area contributed by atoms with Gasteiger partial charge < -0.3 is 5.73 Å². The molecule has 0 atom stereocenters. The highest BCUT2D eigenvalue weighted by Crippen LogP contribution is 2.21. The van der Waals surface area contributed by atoms with Crippen LogP contribution in [-0.4, -0.2) is 8.07 Å². The number of nitrogen functional groups attached to an aromatic ring is 1. The van der Waals surface area contributed by atoms with Crippen LogP contribution in [0.25, 0.3) is 0 Å². The van der Waals surface area contributed by atoms with Crippen LogP contribution in [0.3, 0.4) is 0 Å². The molecule has 2 N–H and O–H groups in total. The summed E-state index contributed by atoms with van der Waals surface area (Å²) in [6.45, 7) is 8.34. The van der Waals surface area contributed by atoms with Crippen molar-refractivity contribution in [3.05, 3.63) is 22.8 Å². The average molecular weight is 229 g/mol. The molecule has 3 nitrogen and oxygen atoms in total. The highest BCUT2D eigenvalue weighted by atomic mass is 28.3. The van der Waals surface area contributed by atoms with Crippen LogP contribution in [0.5, 0.6) is 0 Å². The molecule has 0 amide bonds. The van der Waals surface area contributed by atoms with Crippen LogP contribution in [0.2, 0.25) is 19.6 Å². The first-order valence-electron chi connectivity index (χ1n) is 5.06. The van der Waals surface area contributed by atoms with Gasteiger partial charge in [-0.05, 0) is 17.7 Å². The summed E-state index contributed by atoms with van der Waals surface area (Å²) in [5, 5.41) is 19.2. The van der Waals surface area contributed by atoms with Crippen molar-refractivity contribution < 1.29 is 0 Å².